The van der Waals surface area contributed by atoms with Gasteiger partial charge in [-0.25, -0.2) is 9.59 Å². The van der Waals surface area contributed by atoms with Crippen LogP contribution in [-0.2, 0) is 20.7 Å². The Balaban J connectivity index is 2.87. The van der Waals surface area contributed by atoms with Crippen LogP contribution in [0.3, 0.4) is 0 Å². The summed E-state index contributed by atoms with van der Waals surface area (Å²) in [6.45, 7) is 5.23. The summed E-state index contributed by atoms with van der Waals surface area (Å²) in [7, 11) is 1.26. The molecule has 0 unspecified atom stereocenters. The van der Waals surface area contributed by atoms with Crippen molar-refractivity contribution in [3.63, 3.8) is 0 Å². The molecule has 0 aliphatic carbocycles. The van der Waals surface area contributed by atoms with E-state index in [4.69, 9.17) is 21.1 Å². The van der Waals surface area contributed by atoms with Gasteiger partial charge in [-0.3, -0.25) is 0 Å². The van der Waals surface area contributed by atoms with E-state index in [0.29, 0.717) is 5.02 Å². The molecule has 0 saturated heterocycles. The number of carbonyl (C=O) groups excluding carboxylic acids is 2. The Morgan fingerprint density at radius 3 is 2.55 bits per heavy atom. The lowest BCUT2D eigenvalue weighted by Crippen LogP contribution is -2.45. The van der Waals surface area contributed by atoms with Crippen molar-refractivity contribution < 1.29 is 19.1 Å². The zero-order chi connectivity index (χ0) is 16.9. The molecule has 0 spiro atoms. The molecule has 0 heterocycles. The molecular weight excluding hydrogens is 374 g/mol. The van der Waals surface area contributed by atoms with E-state index in [1.807, 2.05) is 0 Å². The largest absolute Gasteiger partial charge is 0.467 e. The van der Waals surface area contributed by atoms with Crippen LogP contribution >= 0.6 is 27.5 Å². The summed E-state index contributed by atoms with van der Waals surface area (Å²) in [6, 6.07) is 4.36. The van der Waals surface area contributed by atoms with Crippen LogP contribution in [0.2, 0.25) is 5.02 Å². The first kappa shape index (κ1) is 18.8. The Morgan fingerprint density at radius 1 is 1.36 bits per heavy atom. The number of rotatable bonds is 4. The van der Waals surface area contributed by atoms with Gasteiger partial charge < -0.3 is 14.8 Å². The Labute approximate surface area is 143 Å². The molecule has 22 heavy (non-hydrogen) atoms. The van der Waals surface area contributed by atoms with Gasteiger partial charge >= 0.3 is 12.1 Å². The van der Waals surface area contributed by atoms with Crippen LogP contribution in [0.25, 0.3) is 0 Å². The number of esters is 1. The maximum Gasteiger partial charge on any atom is 0.408 e. The fourth-order valence-corrected chi connectivity index (χ4v) is 2.31. The Hall–Kier alpha value is -1.27. The summed E-state index contributed by atoms with van der Waals surface area (Å²) >= 11 is 9.35. The van der Waals surface area contributed by atoms with E-state index in [1.54, 1.807) is 39.0 Å². The molecule has 7 heteroatoms. The highest BCUT2D eigenvalue weighted by Gasteiger charge is 2.26. The van der Waals surface area contributed by atoms with E-state index < -0.39 is 23.7 Å². The molecule has 0 aliphatic heterocycles. The van der Waals surface area contributed by atoms with Gasteiger partial charge in [-0.2, -0.15) is 0 Å². The van der Waals surface area contributed by atoms with Gasteiger partial charge in [-0.15, -0.1) is 0 Å². The van der Waals surface area contributed by atoms with E-state index >= 15 is 0 Å². The lowest BCUT2D eigenvalue weighted by molar-refractivity contribution is -0.143. The molecule has 1 aromatic carbocycles. The number of ether oxygens (including phenoxy) is 2. The van der Waals surface area contributed by atoms with E-state index in [-0.39, 0.29) is 6.42 Å². The lowest BCUT2D eigenvalue weighted by atomic mass is 10.1. The Bertz CT molecular complexity index is 557. The number of alkyl carbamates (subject to hydrolysis) is 1. The van der Waals surface area contributed by atoms with Gasteiger partial charge in [0.05, 0.1) is 7.11 Å². The molecule has 0 aromatic heterocycles. The van der Waals surface area contributed by atoms with Gasteiger partial charge in [0.25, 0.3) is 0 Å². The number of methoxy groups -OCH3 is 1. The van der Waals surface area contributed by atoms with Crippen LogP contribution < -0.4 is 5.32 Å². The minimum atomic E-state index is -0.866. The highest BCUT2D eigenvalue weighted by Crippen LogP contribution is 2.22. The molecule has 122 valence electrons. The van der Waals surface area contributed by atoms with Crippen molar-refractivity contribution in [2.45, 2.75) is 38.8 Å². The fraction of sp³-hybridized carbons (Fsp3) is 0.467. The van der Waals surface area contributed by atoms with Crippen molar-refractivity contribution in [3.8, 4) is 0 Å². The molecule has 1 aromatic rings. The number of hydrogen-bond donors (Lipinski definition) is 1. The molecular formula is C15H19BrClNO4. The Kier molecular flexibility index (Phi) is 6.68. The molecule has 1 amide bonds. The van der Waals surface area contributed by atoms with Crippen molar-refractivity contribution in [2.24, 2.45) is 0 Å². The highest BCUT2D eigenvalue weighted by molar-refractivity contribution is 9.10. The van der Waals surface area contributed by atoms with Crippen LogP contribution in [0, 0.1) is 0 Å². The molecule has 1 atom stereocenters. The van der Waals surface area contributed by atoms with Crippen LogP contribution in [-0.4, -0.2) is 30.8 Å². The number of halogens is 2. The van der Waals surface area contributed by atoms with Crippen LogP contribution in [0.5, 0.6) is 0 Å². The number of benzene rings is 1. The first-order valence-electron chi connectivity index (χ1n) is 6.63. The minimum absolute atomic E-state index is 0.229. The molecule has 1 rings (SSSR count). The summed E-state index contributed by atoms with van der Waals surface area (Å²) < 4.78 is 10.7. The van der Waals surface area contributed by atoms with E-state index in [1.165, 1.54) is 7.11 Å². The SMILES string of the molecule is COC(=O)[C@H](Cc1cc(Cl)ccc1Br)NC(=O)OC(C)(C)C. The molecule has 0 aliphatic rings. The van der Waals surface area contributed by atoms with Gasteiger partial charge in [0.1, 0.15) is 11.6 Å². The molecule has 1 N–H and O–H groups in total. The van der Waals surface area contributed by atoms with Gasteiger partial charge in [0.15, 0.2) is 0 Å². The average Bonchev–Trinajstić information content (AvgIpc) is 2.39. The first-order chi connectivity index (χ1) is 10.1. The van der Waals surface area contributed by atoms with Crippen LogP contribution in [0.4, 0.5) is 4.79 Å². The monoisotopic (exact) mass is 391 g/mol. The van der Waals surface area contributed by atoms with Gasteiger partial charge in [-0.05, 0) is 44.5 Å². The van der Waals surface area contributed by atoms with Gasteiger partial charge in [0, 0.05) is 15.9 Å². The quantitative estimate of drug-likeness (QED) is 0.793. The predicted molar refractivity (Wildman–Crippen MR) is 88.0 cm³/mol. The molecule has 0 radical (unpaired) electrons. The maximum absolute atomic E-state index is 11.9. The van der Waals surface area contributed by atoms with Gasteiger partial charge in [-0.1, -0.05) is 27.5 Å². The summed E-state index contributed by atoms with van der Waals surface area (Å²) in [5.41, 5.74) is 0.125. The minimum Gasteiger partial charge on any atom is -0.467 e. The topological polar surface area (TPSA) is 64.6 Å². The van der Waals surface area contributed by atoms with Crippen molar-refractivity contribution in [3.05, 3.63) is 33.3 Å². The van der Waals surface area contributed by atoms with Crippen LogP contribution in [0.15, 0.2) is 22.7 Å². The molecule has 0 fully saturated rings. The summed E-state index contributed by atoms with van der Waals surface area (Å²) in [5.74, 6) is -0.558. The second-order valence-corrected chi connectivity index (χ2v) is 6.95. The van der Waals surface area contributed by atoms with E-state index in [2.05, 4.69) is 21.2 Å². The smallest absolute Gasteiger partial charge is 0.408 e. The van der Waals surface area contributed by atoms with E-state index in [9.17, 15) is 9.59 Å². The highest BCUT2D eigenvalue weighted by atomic mass is 79.9. The van der Waals surface area contributed by atoms with Crippen LogP contribution in [0.1, 0.15) is 26.3 Å². The third-order valence-corrected chi connectivity index (χ3v) is 3.62. The standard InChI is InChI=1S/C15H19BrClNO4/c1-15(2,3)22-14(20)18-12(13(19)21-4)8-9-7-10(17)5-6-11(9)16/h5-7,12H,8H2,1-4H3,(H,18,20)/t12-/m0/s1. The number of hydrogen-bond acceptors (Lipinski definition) is 4. The maximum atomic E-state index is 11.9. The van der Waals surface area contributed by atoms with Crippen molar-refractivity contribution in [1.29, 1.82) is 0 Å². The van der Waals surface area contributed by atoms with Gasteiger partial charge in [0.2, 0.25) is 0 Å². The normalized spacial score (nSPS) is 12.5. The van der Waals surface area contributed by atoms with Crippen molar-refractivity contribution >= 4 is 39.6 Å². The molecule has 5 nitrogen and oxygen atoms in total. The molecule has 0 bridgehead atoms. The Morgan fingerprint density at radius 2 is 2.00 bits per heavy atom. The van der Waals surface area contributed by atoms with Crippen molar-refractivity contribution in [1.82, 2.24) is 5.32 Å². The number of nitrogens with one attached hydrogen (secondary N) is 1. The zero-order valence-electron chi connectivity index (χ0n) is 12.9. The summed E-state index contributed by atoms with van der Waals surface area (Å²) in [6.07, 6.45) is -0.450. The molecule has 0 saturated carbocycles. The summed E-state index contributed by atoms with van der Waals surface area (Å²) in [4.78, 5) is 23.7. The summed E-state index contributed by atoms with van der Waals surface area (Å²) in [5, 5.41) is 3.06. The predicted octanol–water partition coefficient (Wildman–Crippen LogP) is 3.71. The lowest BCUT2D eigenvalue weighted by Gasteiger charge is -2.23. The third-order valence-electron chi connectivity index (χ3n) is 2.61. The average molecular weight is 393 g/mol. The fourth-order valence-electron chi connectivity index (χ4n) is 1.71. The third kappa shape index (κ3) is 6.23. The number of amides is 1. The second-order valence-electron chi connectivity index (χ2n) is 5.66. The van der Waals surface area contributed by atoms with Crippen molar-refractivity contribution in [2.75, 3.05) is 7.11 Å². The zero-order valence-corrected chi connectivity index (χ0v) is 15.2. The second kappa shape index (κ2) is 7.83. The van der Waals surface area contributed by atoms with E-state index in [0.717, 1.165) is 10.0 Å². The first-order valence-corrected chi connectivity index (χ1v) is 7.80. The number of carbonyl (C=O) groups is 2.